The fourth-order valence-electron chi connectivity index (χ4n) is 3.41. The maximum Gasteiger partial charge on any atom is 0.262 e. The van der Waals surface area contributed by atoms with E-state index in [-0.39, 0.29) is 24.5 Å². The first kappa shape index (κ1) is 19.9. The number of carbonyl (C=O) groups is 2. The minimum atomic E-state index is -0.361. The summed E-state index contributed by atoms with van der Waals surface area (Å²) in [6, 6.07) is 14.7. The van der Waals surface area contributed by atoms with Crippen molar-refractivity contribution in [2.45, 2.75) is 25.5 Å². The number of aromatic nitrogens is 2. The van der Waals surface area contributed by atoms with Crippen molar-refractivity contribution in [2.75, 3.05) is 18.5 Å². The Morgan fingerprint density at radius 2 is 2.07 bits per heavy atom. The van der Waals surface area contributed by atoms with E-state index >= 15 is 0 Å². The number of aryl methyl sites for hydroxylation is 1. The number of amides is 2. The van der Waals surface area contributed by atoms with Crippen LogP contribution in [0.3, 0.4) is 0 Å². The van der Waals surface area contributed by atoms with Crippen molar-refractivity contribution in [2.24, 2.45) is 7.05 Å². The van der Waals surface area contributed by atoms with Crippen LogP contribution in [-0.4, -0.2) is 40.7 Å². The highest BCUT2D eigenvalue weighted by Crippen LogP contribution is 2.20. The van der Waals surface area contributed by atoms with E-state index < -0.39 is 0 Å². The zero-order valence-electron chi connectivity index (χ0n) is 16.8. The minimum absolute atomic E-state index is 0.0786. The first-order valence-electron chi connectivity index (χ1n) is 9.92. The Bertz CT molecular complexity index is 1040. The summed E-state index contributed by atoms with van der Waals surface area (Å²) < 4.78 is 12.8. The SMILES string of the molecule is Cn1c(CNC(=O)[C@@H]2CCCO2)nc2cc(NC(=O)COc3ccccc3)ccc21. The largest absolute Gasteiger partial charge is 0.484 e. The molecule has 0 unspecified atom stereocenters. The number of ether oxygens (including phenoxy) is 2. The number of hydrogen-bond acceptors (Lipinski definition) is 5. The van der Waals surface area contributed by atoms with Crippen molar-refractivity contribution >= 4 is 28.5 Å². The lowest BCUT2D eigenvalue weighted by Gasteiger charge is -2.10. The zero-order valence-corrected chi connectivity index (χ0v) is 16.8. The summed E-state index contributed by atoms with van der Waals surface area (Å²) in [6.45, 7) is 0.872. The van der Waals surface area contributed by atoms with Crippen LogP contribution in [-0.2, 0) is 27.9 Å². The van der Waals surface area contributed by atoms with Crippen molar-refractivity contribution in [3.8, 4) is 5.75 Å². The maximum absolute atomic E-state index is 12.2. The van der Waals surface area contributed by atoms with Gasteiger partial charge in [-0.2, -0.15) is 0 Å². The summed E-state index contributed by atoms with van der Waals surface area (Å²) in [7, 11) is 1.90. The molecule has 1 aromatic heterocycles. The number of nitrogens with one attached hydrogen (secondary N) is 2. The van der Waals surface area contributed by atoms with E-state index in [1.54, 1.807) is 18.2 Å². The number of rotatable bonds is 7. The number of benzene rings is 2. The van der Waals surface area contributed by atoms with Crippen molar-refractivity contribution < 1.29 is 19.1 Å². The molecule has 0 radical (unpaired) electrons. The number of anilines is 1. The molecule has 2 heterocycles. The second-order valence-electron chi connectivity index (χ2n) is 7.16. The van der Waals surface area contributed by atoms with Gasteiger partial charge in [-0.05, 0) is 43.2 Å². The smallest absolute Gasteiger partial charge is 0.262 e. The van der Waals surface area contributed by atoms with Crippen molar-refractivity contribution in [3.05, 3.63) is 54.4 Å². The van der Waals surface area contributed by atoms with Crippen molar-refractivity contribution in [1.82, 2.24) is 14.9 Å². The summed E-state index contributed by atoms with van der Waals surface area (Å²) >= 11 is 0. The van der Waals surface area contributed by atoms with Crippen LogP contribution < -0.4 is 15.4 Å². The van der Waals surface area contributed by atoms with E-state index in [0.717, 1.165) is 29.7 Å². The number of para-hydroxylation sites is 1. The molecule has 0 aliphatic carbocycles. The fraction of sp³-hybridized carbons (Fsp3) is 0.318. The van der Waals surface area contributed by atoms with E-state index in [1.165, 1.54) is 0 Å². The maximum atomic E-state index is 12.2. The molecule has 1 atom stereocenters. The van der Waals surface area contributed by atoms with Gasteiger partial charge >= 0.3 is 0 Å². The second-order valence-corrected chi connectivity index (χ2v) is 7.16. The summed E-state index contributed by atoms with van der Waals surface area (Å²) in [6.07, 6.45) is 1.31. The van der Waals surface area contributed by atoms with Gasteiger partial charge in [0.05, 0.1) is 17.6 Å². The van der Waals surface area contributed by atoms with Crippen molar-refractivity contribution in [3.63, 3.8) is 0 Å². The highest BCUT2D eigenvalue weighted by Gasteiger charge is 2.23. The molecule has 156 valence electrons. The average molecular weight is 408 g/mol. The van der Waals surface area contributed by atoms with Crippen LogP contribution in [0, 0.1) is 0 Å². The number of fused-ring (bicyclic) bond motifs is 1. The van der Waals surface area contributed by atoms with Gasteiger partial charge in [-0.3, -0.25) is 9.59 Å². The molecule has 8 heteroatoms. The van der Waals surface area contributed by atoms with Gasteiger partial charge in [0.1, 0.15) is 17.7 Å². The molecule has 0 spiro atoms. The van der Waals surface area contributed by atoms with Crippen molar-refractivity contribution in [1.29, 1.82) is 0 Å². The van der Waals surface area contributed by atoms with Gasteiger partial charge in [0.25, 0.3) is 5.91 Å². The first-order valence-corrected chi connectivity index (χ1v) is 9.92. The van der Waals surface area contributed by atoms with Crippen LogP contribution >= 0.6 is 0 Å². The molecule has 0 saturated carbocycles. The molecule has 2 N–H and O–H groups in total. The van der Waals surface area contributed by atoms with Crippen LogP contribution in [0.4, 0.5) is 5.69 Å². The van der Waals surface area contributed by atoms with Gasteiger partial charge in [-0.15, -0.1) is 0 Å². The third-order valence-electron chi connectivity index (χ3n) is 5.01. The molecule has 3 aromatic rings. The van der Waals surface area contributed by atoms with E-state index in [1.807, 2.05) is 41.9 Å². The number of carbonyl (C=O) groups excluding carboxylic acids is 2. The molecule has 2 aromatic carbocycles. The first-order chi connectivity index (χ1) is 14.6. The molecule has 4 rings (SSSR count). The van der Waals surface area contributed by atoms with Crippen LogP contribution in [0.5, 0.6) is 5.75 Å². The topological polar surface area (TPSA) is 94.5 Å². The van der Waals surface area contributed by atoms with Crippen LogP contribution in [0.2, 0.25) is 0 Å². The molecule has 2 amide bonds. The lowest BCUT2D eigenvalue weighted by Crippen LogP contribution is -2.34. The molecule has 1 saturated heterocycles. The zero-order chi connectivity index (χ0) is 20.9. The predicted octanol–water partition coefficient (Wildman–Crippen LogP) is 2.39. The number of nitrogens with zero attached hydrogens (tertiary/aromatic N) is 2. The van der Waals surface area contributed by atoms with Gasteiger partial charge in [0.2, 0.25) is 5.91 Å². The normalized spacial score (nSPS) is 15.8. The molecule has 30 heavy (non-hydrogen) atoms. The summed E-state index contributed by atoms with van der Waals surface area (Å²) in [4.78, 5) is 28.9. The van der Waals surface area contributed by atoms with E-state index in [2.05, 4.69) is 15.6 Å². The quantitative estimate of drug-likeness (QED) is 0.626. The molecular weight excluding hydrogens is 384 g/mol. The third kappa shape index (κ3) is 4.60. The molecule has 1 aliphatic heterocycles. The van der Waals surface area contributed by atoms with Gasteiger partial charge in [-0.25, -0.2) is 4.98 Å². The lowest BCUT2D eigenvalue weighted by atomic mass is 10.2. The van der Waals surface area contributed by atoms with Crippen LogP contribution in [0.1, 0.15) is 18.7 Å². The molecule has 0 bridgehead atoms. The molecular formula is C22H24N4O4. The highest BCUT2D eigenvalue weighted by molar-refractivity contribution is 5.94. The van der Waals surface area contributed by atoms with Gasteiger partial charge < -0.3 is 24.7 Å². The summed E-state index contributed by atoms with van der Waals surface area (Å²) in [5, 5.41) is 5.71. The van der Waals surface area contributed by atoms with Crippen LogP contribution in [0.25, 0.3) is 11.0 Å². The Labute approximate surface area is 174 Å². The lowest BCUT2D eigenvalue weighted by molar-refractivity contribution is -0.130. The second kappa shape index (κ2) is 8.96. The third-order valence-corrected chi connectivity index (χ3v) is 5.01. The monoisotopic (exact) mass is 408 g/mol. The number of hydrogen-bond donors (Lipinski definition) is 2. The summed E-state index contributed by atoms with van der Waals surface area (Å²) in [5.41, 5.74) is 2.28. The van der Waals surface area contributed by atoms with Gasteiger partial charge in [-0.1, -0.05) is 18.2 Å². The van der Waals surface area contributed by atoms with E-state index in [9.17, 15) is 9.59 Å². The van der Waals surface area contributed by atoms with Crippen LogP contribution in [0.15, 0.2) is 48.5 Å². The van der Waals surface area contributed by atoms with Gasteiger partial charge in [0, 0.05) is 19.3 Å². The minimum Gasteiger partial charge on any atom is -0.484 e. The Balaban J connectivity index is 1.37. The standard InChI is InChI=1S/C22H24N4O4/c1-26-18-10-9-15(24-21(27)14-30-16-6-3-2-4-7-16)12-17(18)25-20(26)13-23-22(28)19-8-5-11-29-19/h2-4,6-7,9-10,12,19H,5,8,11,13-14H2,1H3,(H,23,28)(H,24,27)/t19-/m0/s1. The predicted molar refractivity (Wildman–Crippen MR) is 112 cm³/mol. The summed E-state index contributed by atoms with van der Waals surface area (Å²) in [5.74, 6) is 1.01. The van der Waals surface area contributed by atoms with Gasteiger partial charge in [0.15, 0.2) is 6.61 Å². The Hall–Kier alpha value is -3.39. The number of imidazole rings is 1. The molecule has 1 aliphatic rings. The average Bonchev–Trinajstić information content (AvgIpc) is 3.40. The fourth-order valence-corrected chi connectivity index (χ4v) is 3.41. The highest BCUT2D eigenvalue weighted by atomic mass is 16.5. The molecule has 1 fully saturated rings. The Kier molecular flexibility index (Phi) is 5.94. The Morgan fingerprint density at radius 1 is 1.23 bits per heavy atom. The Morgan fingerprint density at radius 3 is 2.83 bits per heavy atom. The van der Waals surface area contributed by atoms with E-state index in [0.29, 0.717) is 24.6 Å². The molecule has 8 nitrogen and oxygen atoms in total. The van der Waals surface area contributed by atoms with E-state index in [4.69, 9.17) is 9.47 Å².